The number of aromatic nitrogens is 1. The molecular weight excluding hydrogens is 210 g/mol. The Morgan fingerprint density at radius 3 is 2.35 bits per heavy atom. The van der Waals surface area contributed by atoms with Crippen LogP contribution in [0, 0.1) is 0 Å². The summed E-state index contributed by atoms with van der Waals surface area (Å²) in [5.74, 6) is 0. The largest absolute Gasteiger partial charge is 0.370 e. The minimum absolute atomic E-state index is 0.590. The van der Waals surface area contributed by atoms with Crippen LogP contribution in [0.3, 0.4) is 0 Å². The summed E-state index contributed by atoms with van der Waals surface area (Å²) in [5.41, 5.74) is 8.21. The highest BCUT2D eigenvalue weighted by Gasteiger charge is 2.09. The monoisotopic (exact) mass is 235 g/mol. The van der Waals surface area contributed by atoms with Crippen molar-refractivity contribution in [1.29, 1.82) is 0 Å². The van der Waals surface area contributed by atoms with E-state index in [-0.39, 0.29) is 0 Å². The second-order valence-electron chi connectivity index (χ2n) is 4.40. The molecule has 1 rings (SSSR count). The molecule has 1 aromatic rings. The van der Waals surface area contributed by atoms with Crippen LogP contribution in [0.2, 0.25) is 0 Å². The lowest BCUT2D eigenvalue weighted by Gasteiger charge is -2.26. The number of pyridine rings is 1. The molecule has 0 atom stereocenters. The number of unbranched alkanes of at least 4 members (excludes halogenated alkanes) is 2. The molecule has 1 heterocycles. The van der Waals surface area contributed by atoms with Gasteiger partial charge in [-0.1, -0.05) is 26.7 Å². The average Bonchev–Trinajstić information content (AvgIpc) is 2.39. The normalized spacial score (nSPS) is 10.5. The van der Waals surface area contributed by atoms with E-state index in [1.54, 1.807) is 0 Å². The summed E-state index contributed by atoms with van der Waals surface area (Å²) in [6.07, 6.45) is 8.67. The first-order valence-corrected chi connectivity index (χ1v) is 6.71. The van der Waals surface area contributed by atoms with Crippen molar-refractivity contribution in [2.45, 2.75) is 46.1 Å². The molecule has 0 aromatic carbocycles. The van der Waals surface area contributed by atoms with E-state index >= 15 is 0 Å². The summed E-state index contributed by atoms with van der Waals surface area (Å²) in [6, 6.07) is 2.03. The molecule has 0 aliphatic rings. The van der Waals surface area contributed by atoms with Crippen LogP contribution < -0.4 is 10.6 Å². The molecule has 0 saturated heterocycles. The highest BCUT2D eigenvalue weighted by atomic mass is 15.1. The van der Waals surface area contributed by atoms with E-state index in [1.807, 2.05) is 18.5 Å². The summed E-state index contributed by atoms with van der Waals surface area (Å²) in [5, 5.41) is 0. The van der Waals surface area contributed by atoms with Gasteiger partial charge in [0.1, 0.15) is 0 Å². The Kier molecular flexibility index (Phi) is 6.63. The molecule has 0 saturated carbocycles. The Morgan fingerprint density at radius 1 is 1.18 bits per heavy atom. The van der Waals surface area contributed by atoms with Gasteiger partial charge in [0.05, 0.1) is 11.9 Å². The third kappa shape index (κ3) is 4.35. The van der Waals surface area contributed by atoms with Crippen molar-refractivity contribution in [3.8, 4) is 0 Å². The van der Waals surface area contributed by atoms with Crippen LogP contribution in [0.25, 0.3) is 0 Å². The number of hydrogen-bond donors (Lipinski definition) is 1. The van der Waals surface area contributed by atoms with Gasteiger partial charge in [-0.05, 0) is 24.5 Å². The van der Waals surface area contributed by atoms with Crippen LogP contribution in [0.15, 0.2) is 18.5 Å². The van der Waals surface area contributed by atoms with Gasteiger partial charge >= 0.3 is 0 Å². The van der Waals surface area contributed by atoms with Crippen molar-refractivity contribution in [3.63, 3.8) is 0 Å². The van der Waals surface area contributed by atoms with Crippen LogP contribution in [0.5, 0.6) is 0 Å². The maximum atomic E-state index is 5.79. The van der Waals surface area contributed by atoms with E-state index in [1.165, 1.54) is 36.9 Å². The van der Waals surface area contributed by atoms with Crippen LogP contribution in [-0.4, -0.2) is 18.1 Å². The molecule has 96 valence electrons. The fraction of sp³-hybridized carbons (Fsp3) is 0.643. The average molecular weight is 235 g/mol. The fourth-order valence-corrected chi connectivity index (χ4v) is 1.92. The Balaban J connectivity index is 2.78. The van der Waals surface area contributed by atoms with Gasteiger partial charge in [0, 0.05) is 25.8 Å². The van der Waals surface area contributed by atoms with Crippen molar-refractivity contribution in [1.82, 2.24) is 4.98 Å². The third-order valence-corrected chi connectivity index (χ3v) is 3.01. The van der Waals surface area contributed by atoms with Gasteiger partial charge in [0.25, 0.3) is 0 Å². The van der Waals surface area contributed by atoms with E-state index < -0.39 is 0 Å². The summed E-state index contributed by atoms with van der Waals surface area (Å²) in [4.78, 5) is 6.67. The highest BCUT2D eigenvalue weighted by molar-refractivity contribution is 5.51. The predicted octanol–water partition coefficient (Wildman–Crippen LogP) is 2.95. The number of nitrogens with two attached hydrogens (primary N) is 1. The number of hydrogen-bond acceptors (Lipinski definition) is 3. The van der Waals surface area contributed by atoms with Gasteiger partial charge in [-0.15, -0.1) is 0 Å². The maximum absolute atomic E-state index is 5.79. The molecule has 2 N–H and O–H groups in total. The smallest absolute Gasteiger partial charge is 0.0598 e. The molecule has 3 nitrogen and oxygen atoms in total. The van der Waals surface area contributed by atoms with Gasteiger partial charge in [-0.3, -0.25) is 4.98 Å². The Morgan fingerprint density at radius 2 is 1.82 bits per heavy atom. The van der Waals surface area contributed by atoms with E-state index in [9.17, 15) is 0 Å². The van der Waals surface area contributed by atoms with Crippen molar-refractivity contribution in [2.24, 2.45) is 5.73 Å². The molecule has 0 fully saturated rings. The summed E-state index contributed by atoms with van der Waals surface area (Å²) in [7, 11) is 0. The van der Waals surface area contributed by atoms with Crippen molar-refractivity contribution >= 4 is 5.69 Å². The fourth-order valence-electron chi connectivity index (χ4n) is 1.92. The lowest BCUT2D eigenvalue weighted by molar-refractivity contribution is 0.674. The second-order valence-corrected chi connectivity index (χ2v) is 4.40. The number of nitrogens with zero attached hydrogens (tertiary/aromatic N) is 2. The van der Waals surface area contributed by atoms with Crippen molar-refractivity contribution < 1.29 is 0 Å². The van der Waals surface area contributed by atoms with E-state index in [0.717, 1.165) is 13.1 Å². The Hall–Kier alpha value is -1.09. The SMILES string of the molecule is CCCCN(CCCC)c1cnccc1CN. The molecule has 3 heteroatoms. The lowest BCUT2D eigenvalue weighted by Crippen LogP contribution is -2.27. The van der Waals surface area contributed by atoms with Crippen molar-refractivity contribution in [3.05, 3.63) is 24.0 Å². The Bertz CT molecular complexity index is 304. The van der Waals surface area contributed by atoms with E-state index in [2.05, 4.69) is 23.7 Å². The first-order valence-electron chi connectivity index (χ1n) is 6.71. The van der Waals surface area contributed by atoms with Crippen LogP contribution in [0.4, 0.5) is 5.69 Å². The summed E-state index contributed by atoms with van der Waals surface area (Å²) >= 11 is 0. The number of anilines is 1. The van der Waals surface area contributed by atoms with Gasteiger partial charge < -0.3 is 10.6 Å². The molecule has 0 aliphatic carbocycles. The predicted molar refractivity (Wildman–Crippen MR) is 74.2 cm³/mol. The van der Waals surface area contributed by atoms with Crippen LogP contribution in [-0.2, 0) is 6.54 Å². The topological polar surface area (TPSA) is 42.2 Å². The second kappa shape index (κ2) is 8.07. The third-order valence-electron chi connectivity index (χ3n) is 3.01. The first-order chi connectivity index (χ1) is 8.33. The van der Waals surface area contributed by atoms with Gasteiger partial charge in [-0.2, -0.15) is 0 Å². The van der Waals surface area contributed by atoms with Crippen molar-refractivity contribution in [2.75, 3.05) is 18.0 Å². The number of rotatable bonds is 8. The molecule has 0 radical (unpaired) electrons. The molecule has 0 bridgehead atoms. The quantitative estimate of drug-likeness (QED) is 0.753. The van der Waals surface area contributed by atoms with Gasteiger partial charge in [0.15, 0.2) is 0 Å². The summed E-state index contributed by atoms with van der Waals surface area (Å²) in [6.45, 7) is 7.26. The minimum atomic E-state index is 0.590. The van der Waals surface area contributed by atoms with Crippen LogP contribution >= 0.6 is 0 Å². The zero-order chi connectivity index (χ0) is 12.5. The molecule has 1 aromatic heterocycles. The molecular formula is C14H25N3. The molecule has 0 aliphatic heterocycles. The lowest BCUT2D eigenvalue weighted by atomic mass is 10.1. The summed E-state index contributed by atoms with van der Waals surface area (Å²) < 4.78 is 0. The molecule has 0 amide bonds. The van der Waals surface area contributed by atoms with Gasteiger partial charge in [-0.25, -0.2) is 0 Å². The molecule has 0 spiro atoms. The zero-order valence-electron chi connectivity index (χ0n) is 11.2. The van der Waals surface area contributed by atoms with E-state index in [0.29, 0.717) is 6.54 Å². The minimum Gasteiger partial charge on any atom is -0.370 e. The first kappa shape index (κ1) is 14.0. The van der Waals surface area contributed by atoms with Gasteiger partial charge in [0.2, 0.25) is 0 Å². The highest BCUT2D eigenvalue weighted by Crippen LogP contribution is 2.19. The maximum Gasteiger partial charge on any atom is 0.0598 e. The molecule has 17 heavy (non-hydrogen) atoms. The molecule has 0 unspecified atom stereocenters. The zero-order valence-corrected chi connectivity index (χ0v) is 11.2. The van der Waals surface area contributed by atoms with E-state index in [4.69, 9.17) is 5.73 Å². The standard InChI is InChI=1S/C14H25N3/c1-3-5-9-17(10-6-4-2)14-12-16-8-7-13(14)11-15/h7-8,12H,3-6,9-11,15H2,1-2H3. The van der Waals surface area contributed by atoms with Crippen LogP contribution in [0.1, 0.15) is 45.1 Å². The Labute approximate surface area is 105 Å².